The predicted octanol–water partition coefficient (Wildman–Crippen LogP) is 0.858. The number of ether oxygens (including phenoxy) is 2. The first-order chi connectivity index (χ1) is 13.3. The summed E-state index contributed by atoms with van der Waals surface area (Å²) in [5, 5.41) is 13.2. The highest BCUT2D eigenvalue weighted by Crippen LogP contribution is 2.21. The zero-order valence-electron chi connectivity index (χ0n) is 15.6. The summed E-state index contributed by atoms with van der Waals surface area (Å²) in [5.41, 5.74) is 0.369. The zero-order valence-corrected chi connectivity index (χ0v) is 16.4. The van der Waals surface area contributed by atoms with Gasteiger partial charge in [0.25, 0.3) is 0 Å². The lowest BCUT2D eigenvalue weighted by Gasteiger charge is -2.22. The fraction of sp³-hybridized carbons (Fsp3) is 0.471. The standard InChI is InChI=1S/C17H22N4O6S/c1-11-16(15(17(22)23)21(2)20-11)28(24,25)19-10-12-3-6-18-14(9-12)27-13-4-7-26-8-5-13/h3,6,9,13,19H,4-5,7-8,10H2,1-2H3,(H,22,23). The van der Waals surface area contributed by atoms with Gasteiger partial charge in [-0.15, -0.1) is 0 Å². The van der Waals surface area contributed by atoms with E-state index in [9.17, 15) is 18.3 Å². The van der Waals surface area contributed by atoms with Gasteiger partial charge in [0, 0.05) is 38.7 Å². The molecule has 152 valence electrons. The lowest BCUT2D eigenvalue weighted by molar-refractivity contribution is 0.0237. The molecule has 28 heavy (non-hydrogen) atoms. The van der Waals surface area contributed by atoms with Crippen LogP contribution in [0.3, 0.4) is 0 Å². The normalized spacial score (nSPS) is 15.5. The number of hydrogen-bond donors (Lipinski definition) is 2. The lowest BCUT2D eigenvalue weighted by Crippen LogP contribution is -2.27. The molecule has 2 aromatic heterocycles. The molecule has 1 saturated heterocycles. The predicted molar refractivity (Wildman–Crippen MR) is 97.6 cm³/mol. The minimum absolute atomic E-state index is 0.0179. The second-order valence-electron chi connectivity index (χ2n) is 6.45. The number of nitrogens with zero attached hydrogens (tertiary/aromatic N) is 3. The Bertz CT molecular complexity index is 966. The van der Waals surface area contributed by atoms with Crippen LogP contribution in [0.25, 0.3) is 0 Å². The highest BCUT2D eigenvalue weighted by Gasteiger charge is 2.29. The molecule has 1 aliphatic heterocycles. The molecule has 11 heteroatoms. The number of sulfonamides is 1. The van der Waals surface area contributed by atoms with Crippen LogP contribution in [0.15, 0.2) is 23.2 Å². The fourth-order valence-electron chi connectivity index (χ4n) is 3.04. The molecule has 1 fully saturated rings. The van der Waals surface area contributed by atoms with Gasteiger partial charge in [-0.2, -0.15) is 5.10 Å². The Hall–Kier alpha value is -2.50. The summed E-state index contributed by atoms with van der Waals surface area (Å²) in [6.45, 7) is 2.69. The average molecular weight is 410 g/mol. The Morgan fingerprint density at radius 2 is 2.14 bits per heavy atom. The Kier molecular flexibility index (Phi) is 5.96. The lowest BCUT2D eigenvalue weighted by atomic mass is 10.1. The third kappa shape index (κ3) is 4.49. The number of carboxylic acid groups (broad SMARTS) is 1. The molecule has 0 bridgehead atoms. The van der Waals surface area contributed by atoms with Crippen molar-refractivity contribution < 1.29 is 27.8 Å². The molecule has 10 nitrogen and oxygen atoms in total. The van der Waals surface area contributed by atoms with Crippen molar-refractivity contribution in [3.05, 3.63) is 35.3 Å². The van der Waals surface area contributed by atoms with E-state index < -0.39 is 16.0 Å². The van der Waals surface area contributed by atoms with Crippen LogP contribution in [-0.4, -0.2) is 53.6 Å². The van der Waals surface area contributed by atoms with E-state index in [0.717, 1.165) is 17.5 Å². The number of aryl methyl sites for hydroxylation is 2. The molecular formula is C17H22N4O6S. The van der Waals surface area contributed by atoms with Crippen LogP contribution in [-0.2, 0) is 28.4 Å². The number of carboxylic acids is 1. The zero-order chi connectivity index (χ0) is 20.3. The molecule has 0 amide bonds. The number of nitrogens with one attached hydrogen (secondary N) is 1. The number of aromatic nitrogens is 3. The van der Waals surface area contributed by atoms with Crippen molar-refractivity contribution in [2.45, 2.75) is 37.3 Å². The molecule has 0 saturated carbocycles. The van der Waals surface area contributed by atoms with Crippen LogP contribution >= 0.6 is 0 Å². The van der Waals surface area contributed by atoms with Gasteiger partial charge in [-0.1, -0.05) is 0 Å². The molecule has 3 rings (SSSR count). The molecule has 0 radical (unpaired) electrons. The van der Waals surface area contributed by atoms with Gasteiger partial charge in [-0.25, -0.2) is 22.9 Å². The smallest absolute Gasteiger partial charge is 0.355 e. The molecule has 2 N–H and O–H groups in total. The number of rotatable bonds is 7. The first-order valence-electron chi connectivity index (χ1n) is 8.74. The summed E-state index contributed by atoms with van der Waals surface area (Å²) < 4.78 is 39.9. The Labute approximate surface area is 162 Å². The quantitative estimate of drug-likeness (QED) is 0.687. The van der Waals surface area contributed by atoms with Gasteiger partial charge in [0.2, 0.25) is 15.9 Å². The minimum Gasteiger partial charge on any atom is -0.476 e. The molecule has 0 aromatic carbocycles. The van der Waals surface area contributed by atoms with Crippen molar-refractivity contribution in [2.24, 2.45) is 7.05 Å². The van der Waals surface area contributed by atoms with Gasteiger partial charge in [0.15, 0.2) is 5.69 Å². The van der Waals surface area contributed by atoms with Crippen LogP contribution in [0.5, 0.6) is 5.88 Å². The Morgan fingerprint density at radius 1 is 1.43 bits per heavy atom. The summed E-state index contributed by atoms with van der Waals surface area (Å²) >= 11 is 0. The Balaban J connectivity index is 1.73. The van der Waals surface area contributed by atoms with E-state index >= 15 is 0 Å². The summed E-state index contributed by atoms with van der Waals surface area (Å²) in [6.07, 6.45) is 3.11. The summed E-state index contributed by atoms with van der Waals surface area (Å²) in [4.78, 5) is 15.2. The molecule has 0 aliphatic carbocycles. The van der Waals surface area contributed by atoms with Gasteiger partial charge in [-0.3, -0.25) is 4.68 Å². The van der Waals surface area contributed by atoms with E-state index in [1.54, 1.807) is 12.1 Å². The first kappa shape index (κ1) is 20.2. The van der Waals surface area contributed by atoms with Gasteiger partial charge < -0.3 is 14.6 Å². The third-order valence-electron chi connectivity index (χ3n) is 4.36. The van der Waals surface area contributed by atoms with Gasteiger partial charge in [0.05, 0.1) is 18.9 Å². The van der Waals surface area contributed by atoms with Crippen LogP contribution in [0, 0.1) is 6.92 Å². The van der Waals surface area contributed by atoms with Gasteiger partial charge >= 0.3 is 5.97 Å². The van der Waals surface area contributed by atoms with Crippen molar-refractivity contribution in [1.29, 1.82) is 0 Å². The first-order valence-corrected chi connectivity index (χ1v) is 10.2. The number of aromatic carboxylic acids is 1. The second kappa shape index (κ2) is 8.25. The number of hydrogen-bond acceptors (Lipinski definition) is 7. The molecule has 3 heterocycles. The van der Waals surface area contributed by atoms with Crippen molar-refractivity contribution in [1.82, 2.24) is 19.5 Å². The van der Waals surface area contributed by atoms with E-state index in [1.807, 2.05) is 0 Å². The fourth-order valence-corrected chi connectivity index (χ4v) is 4.44. The van der Waals surface area contributed by atoms with E-state index in [0.29, 0.717) is 24.7 Å². The highest BCUT2D eigenvalue weighted by molar-refractivity contribution is 7.89. The highest BCUT2D eigenvalue weighted by atomic mass is 32.2. The second-order valence-corrected chi connectivity index (χ2v) is 8.15. The van der Waals surface area contributed by atoms with Crippen LogP contribution in [0.2, 0.25) is 0 Å². The molecule has 1 aliphatic rings. The molecule has 0 atom stereocenters. The summed E-state index contributed by atoms with van der Waals surface area (Å²) in [7, 11) is -2.69. The van der Waals surface area contributed by atoms with Crippen molar-refractivity contribution in [3.8, 4) is 5.88 Å². The van der Waals surface area contributed by atoms with Crippen molar-refractivity contribution in [3.63, 3.8) is 0 Å². The maximum Gasteiger partial charge on any atom is 0.355 e. The number of pyridine rings is 1. The monoisotopic (exact) mass is 410 g/mol. The average Bonchev–Trinajstić information content (AvgIpc) is 2.96. The Morgan fingerprint density at radius 3 is 2.82 bits per heavy atom. The largest absolute Gasteiger partial charge is 0.476 e. The van der Waals surface area contributed by atoms with Gasteiger partial charge in [0.1, 0.15) is 11.0 Å². The SMILES string of the molecule is Cc1nn(C)c(C(=O)O)c1S(=O)(=O)NCc1ccnc(OC2CCOCC2)c1. The van der Waals surface area contributed by atoms with Crippen molar-refractivity contribution in [2.75, 3.05) is 13.2 Å². The molecule has 0 unspecified atom stereocenters. The van der Waals surface area contributed by atoms with E-state index in [4.69, 9.17) is 9.47 Å². The molecule has 2 aromatic rings. The summed E-state index contributed by atoms with van der Waals surface area (Å²) in [5.74, 6) is -0.952. The van der Waals surface area contributed by atoms with Crippen LogP contribution in [0.4, 0.5) is 0 Å². The maximum atomic E-state index is 12.7. The van der Waals surface area contributed by atoms with Crippen LogP contribution < -0.4 is 9.46 Å². The van der Waals surface area contributed by atoms with Gasteiger partial charge in [-0.05, 0) is 18.6 Å². The maximum absolute atomic E-state index is 12.7. The van der Waals surface area contributed by atoms with E-state index in [1.165, 1.54) is 20.2 Å². The molecule has 0 spiro atoms. The summed E-state index contributed by atoms with van der Waals surface area (Å²) in [6, 6.07) is 3.32. The van der Waals surface area contributed by atoms with E-state index in [2.05, 4.69) is 14.8 Å². The van der Waals surface area contributed by atoms with E-state index in [-0.39, 0.29) is 28.9 Å². The van der Waals surface area contributed by atoms with Crippen LogP contribution in [0.1, 0.15) is 34.6 Å². The molecular weight excluding hydrogens is 388 g/mol. The topological polar surface area (TPSA) is 133 Å². The third-order valence-corrected chi connectivity index (χ3v) is 5.91. The number of carbonyl (C=O) groups is 1. The van der Waals surface area contributed by atoms with Crippen molar-refractivity contribution >= 4 is 16.0 Å². The minimum atomic E-state index is -4.08.